The average molecular weight is 332 g/mol. The molecular formula is C17H24N4OS. The number of aromatic nitrogens is 3. The van der Waals surface area contributed by atoms with Crippen LogP contribution in [0.4, 0.5) is 5.82 Å². The van der Waals surface area contributed by atoms with Gasteiger partial charge in [0.05, 0.1) is 15.7 Å². The number of hydrogen-bond acceptors (Lipinski definition) is 5. The molecule has 0 aromatic carbocycles. The summed E-state index contributed by atoms with van der Waals surface area (Å²) in [6.45, 7) is 3.38. The van der Waals surface area contributed by atoms with Crippen molar-refractivity contribution in [2.75, 3.05) is 12.3 Å². The fraction of sp³-hybridized carbons (Fsp3) is 0.529. The molecule has 0 radical (unpaired) electrons. The van der Waals surface area contributed by atoms with E-state index in [1.54, 1.807) is 11.3 Å². The number of anilines is 1. The molecule has 6 heteroatoms. The maximum Gasteiger partial charge on any atom is 0.152 e. The number of aryl methyl sites for hydroxylation is 2. The Bertz CT molecular complexity index is 793. The number of aliphatic hydroxyl groups excluding tert-OH is 1. The third kappa shape index (κ3) is 3.19. The minimum atomic E-state index is 0.263. The summed E-state index contributed by atoms with van der Waals surface area (Å²) in [5.41, 5.74) is 9.09. The van der Waals surface area contributed by atoms with Gasteiger partial charge in [0.2, 0.25) is 0 Å². The summed E-state index contributed by atoms with van der Waals surface area (Å²) >= 11 is 1.70. The maximum atomic E-state index is 8.97. The molecule has 3 aromatic rings. The van der Waals surface area contributed by atoms with Crippen LogP contribution in [0, 0.1) is 0 Å². The maximum absolute atomic E-state index is 8.97. The lowest BCUT2D eigenvalue weighted by Gasteiger charge is -2.09. The molecule has 0 saturated carbocycles. The van der Waals surface area contributed by atoms with Gasteiger partial charge in [-0.15, -0.1) is 11.3 Å². The zero-order valence-electron chi connectivity index (χ0n) is 13.6. The minimum Gasteiger partial charge on any atom is -0.396 e. The molecule has 3 N–H and O–H groups in total. The molecule has 0 bridgehead atoms. The van der Waals surface area contributed by atoms with Crippen molar-refractivity contribution in [1.29, 1.82) is 0 Å². The summed E-state index contributed by atoms with van der Waals surface area (Å²) in [6, 6.07) is 2.02. The summed E-state index contributed by atoms with van der Waals surface area (Å²) in [4.78, 5) is 9.30. The molecule has 0 aliphatic rings. The van der Waals surface area contributed by atoms with Crippen molar-refractivity contribution in [3.63, 3.8) is 0 Å². The average Bonchev–Trinajstić information content (AvgIpc) is 3.14. The highest BCUT2D eigenvalue weighted by molar-refractivity contribution is 7.18. The zero-order chi connectivity index (χ0) is 16.2. The van der Waals surface area contributed by atoms with Crippen LogP contribution in [0.2, 0.25) is 0 Å². The molecule has 0 fully saturated rings. The van der Waals surface area contributed by atoms with E-state index in [1.807, 2.05) is 6.07 Å². The second-order valence-electron chi connectivity index (χ2n) is 5.90. The van der Waals surface area contributed by atoms with Gasteiger partial charge in [0, 0.05) is 19.6 Å². The first-order chi connectivity index (χ1) is 11.3. The summed E-state index contributed by atoms with van der Waals surface area (Å²) in [6.07, 6.45) is 6.17. The van der Waals surface area contributed by atoms with Gasteiger partial charge < -0.3 is 15.4 Å². The molecule has 0 aliphatic heterocycles. The predicted octanol–water partition coefficient (Wildman–Crippen LogP) is 3.73. The Morgan fingerprint density at radius 3 is 2.87 bits per heavy atom. The Morgan fingerprint density at radius 1 is 1.22 bits per heavy atom. The van der Waals surface area contributed by atoms with E-state index in [-0.39, 0.29) is 6.61 Å². The van der Waals surface area contributed by atoms with Crippen molar-refractivity contribution in [3.05, 3.63) is 17.3 Å². The first-order valence-corrected chi connectivity index (χ1v) is 9.26. The highest BCUT2D eigenvalue weighted by Gasteiger charge is 2.17. The van der Waals surface area contributed by atoms with Crippen LogP contribution in [-0.2, 0) is 13.0 Å². The zero-order valence-corrected chi connectivity index (χ0v) is 14.4. The largest absolute Gasteiger partial charge is 0.396 e. The van der Waals surface area contributed by atoms with E-state index in [0.29, 0.717) is 5.82 Å². The number of hydrogen-bond donors (Lipinski definition) is 2. The molecule has 3 rings (SSSR count). The van der Waals surface area contributed by atoms with Crippen molar-refractivity contribution < 1.29 is 5.11 Å². The molecule has 23 heavy (non-hydrogen) atoms. The highest BCUT2D eigenvalue weighted by atomic mass is 32.1. The molecule has 0 spiro atoms. The number of nitrogens with zero attached hydrogens (tertiary/aromatic N) is 3. The second-order valence-corrected chi connectivity index (χ2v) is 6.81. The van der Waals surface area contributed by atoms with Crippen molar-refractivity contribution in [2.45, 2.75) is 52.0 Å². The quantitative estimate of drug-likeness (QED) is 0.616. The monoisotopic (exact) mass is 332 g/mol. The summed E-state index contributed by atoms with van der Waals surface area (Å²) in [7, 11) is 0. The van der Waals surface area contributed by atoms with Crippen LogP contribution >= 0.6 is 11.3 Å². The Morgan fingerprint density at radius 2 is 2.09 bits per heavy atom. The molecule has 0 amide bonds. The summed E-state index contributed by atoms with van der Waals surface area (Å²) < 4.78 is 3.51. The molecule has 5 nitrogen and oxygen atoms in total. The van der Waals surface area contributed by atoms with E-state index >= 15 is 0 Å². The lowest BCUT2D eigenvalue weighted by atomic mass is 10.2. The number of thiophene rings is 1. The number of pyridine rings is 1. The standard InChI is InChI=1S/C17H24N4OS/c1-2-3-7-13-20-14-15(21(13)9-5-4-6-10-22)16-12(8-11-23-16)19-17(14)18/h8,11,22H,2-7,9-10H2,1H3,(H2,18,19). The van der Waals surface area contributed by atoms with E-state index in [0.717, 1.165) is 67.4 Å². The van der Waals surface area contributed by atoms with E-state index in [2.05, 4.69) is 21.9 Å². The Labute approximate surface area is 140 Å². The molecule has 0 unspecified atom stereocenters. The highest BCUT2D eigenvalue weighted by Crippen LogP contribution is 2.32. The topological polar surface area (TPSA) is 77.0 Å². The normalized spacial score (nSPS) is 11.7. The van der Waals surface area contributed by atoms with Crippen molar-refractivity contribution in [1.82, 2.24) is 14.5 Å². The first kappa shape index (κ1) is 16.2. The Balaban J connectivity index is 2.06. The van der Waals surface area contributed by atoms with Gasteiger partial charge in [-0.3, -0.25) is 0 Å². The van der Waals surface area contributed by atoms with Crippen LogP contribution in [0.5, 0.6) is 0 Å². The van der Waals surface area contributed by atoms with Crippen LogP contribution in [0.3, 0.4) is 0 Å². The number of unbranched alkanes of at least 4 members (excludes halogenated alkanes) is 3. The van der Waals surface area contributed by atoms with Crippen molar-refractivity contribution in [3.8, 4) is 0 Å². The van der Waals surface area contributed by atoms with Gasteiger partial charge in [-0.25, -0.2) is 9.97 Å². The third-order valence-corrected chi connectivity index (χ3v) is 5.09. The van der Waals surface area contributed by atoms with Crippen molar-refractivity contribution in [2.24, 2.45) is 0 Å². The molecule has 0 aliphatic carbocycles. The molecule has 124 valence electrons. The number of aliphatic hydroxyl groups is 1. The smallest absolute Gasteiger partial charge is 0.152 e. The van der Waals surface area contributed by atoms with Gasteiger partial charge in [-0.05, 0) is 37.1 Å². The predicted molar refractivity (Wildman–Crippen MR) is 96.9 cm³/mol. The SMILES string of the molecule is CCCCc1nc2c(N)nc3ccsc3c2n1CCCCCO. The van der Waals surface area contributed by atoms with Gasteiger partial charge in [-0.1, -0.05) is 13.3 Å². The number of imidazole rings is 1. The van der Waals surface area contributed by atoms with Gasteiger partial charge in [0.1, 0.15) is 11.3 Å². The fourth-order valence-corrected chi connectivity index (χ4v) is 3.87. The van der Waals surface area contributed by atoms with E-state index in [4.69, 9.17) is 15.8 Å². The Kier molecular flexibility index (Phi) is 5.13. The number of nitrogen functional groups attached to an aromatic ring is 1. The second kappa shape index (κ2) is 7.27. The lowest BCUT2D eigenvalue weighted by Crippen LogP contribution is -2.05. The van der Waals surface area contributed by atoms with E-state index in [9.17, 15) is 0 Å². The van der Waals surface area contributed by atoms with Crippen LogP contribution in [0.15, 0.2) is 11.4 Å². The van der Waals surface area contributed by atoms with Gasteiger partial charge >= 0.3 is 0 Å². The third-order valence-electron chi connectivity index (χ3n) is 4.18. The molecule has 0 atom stereocenters. The molecule has 3 aromatic heterocycles. The van der Waals surface area contributed by atoms with Crippen LogP contribution < -0.4 is 5.73 Å². The van der Waals surface area contributed by atoms with E-state index < -0.39 is 0 Å². The lowest BCUT2D eigenvalue weighted by molar-refractivity contribution is 0.282. The molecule has 3 heterocycles. The van der Waals surface area contributed by atoms with Gasteiger partial charge in [-0.2, -0.15) is 0 Å². The number of nitrogens with two attached hydrogens (primary N) is 1. The molecular weight excluding hydrogens is 308 g/mol. The minimum absolute atomic E-state index is 0.263. The number of rotatable bonds is 8. The van der Waals surface area contributed by atoms with Crippen molar-refractivity contribution >= 4 is 38.4 Å². The first-order valence-electron chi connectivity index (χ1n) is 8.39. The number of fused-ring (bicyclic) bond motifs is 3. The van der Waals surface area contributed by atoms with Crippen LogP contribution in [0.1, 0.15) is 44.9 Å². The van der Waals surface area contributed by atoms with Crippen LogP contribution in [0.25, 0.3) is 21.3 Å². The van der Waals surface area contributed by atoms with Gasteiger partial charge in [0.15, 0.2) is 5.82 Å². The summed E-state index contributed by atoms with van der Waals surface area (Å²) in [5.74, 6) is 1.64. The van der Waals surface area contributed by atoms with Crippen LogP contribution in [-0.4, -0.2) is 26.2 Å². The molecule has 0 saturated heterocycles. The summed E-state index contributed by atoms with van der Waals surface area (Å²) in [5, 5.41) is 11.0. The van der Waals surface area contributed by atoms with E-state index in [1.165, 1.54) is 4.70 Å². The Hall–Kier alpha value is -1.66. The van der Waals surface area contributed by atoms with Gasteiger partial charge in [0.25, 0.3) is 0 Å². The fourth-order valence-electron chi connectivity index (χ4n) is 2.98.